The van der Waals surface area contributed by atoms with E-state index in [1.165, 1.54) is 0 Å². The molecule has 1 N–H and O–H groups in total. The molecule has 0 radical (unpaired) electrons. The summed E-state index contributed by atoms with van der Waals surface area (Å²) in [6.45, 7) is 3.08. The van der Waals surface area contributed by atoms with Crippen LogP contribution in [-0.2, 0) is 47.6 Å². The Kier molecular flexibility index (Phi) is 8.94. The van der Waals surface area contributed by atoms with Crippen LogP contribution in [0.5, 0.6) is 0 Å². The summed E-state index contributed by atoms with van der Waals surface area (Å²) < 4.78 is 28.0. The van der Waals surface area contributed by atoms with Crippen molar-refractivity contribution in [3.63, 3.8) is 0 Å². The lowest BCUT2D eigenvalue weighted by Gasteiger charge is -2.43. The quantitative estimate of drug-likeness (QED) is 0.200. The molecule has 1 saturated heterocycles. The van der Waals surface area contributed by atoms with Crippen molar-refractivity contribution in [3.8, 4) is 0 Å². The lowest BCUT2D eigenvalue weighted by Crippen LogP contribution is -2.64. The minimum atomic E-state index is -2.32. The van der Waals surface area contributed by atoms with E-state index < -0.39 is 64.3 Å². The third kappa shape index (κ3) is 7.18. The van der Waals surface area contributed by atoms with E-state index in [1.54, 1.807) is 0 Å². The van der Waals surface area contributed by atoms with E-state index in [-0.39, 0.29) is 0 Å². The number of nitrogens with one attached hydrogen (secondary N) is 1. The Morgan fingerprint density at radius 2 is 1.28 bits per heavy atom. The minimum Gasteiger partial charge on any atom is -0.467 e. The van der Waals surface area contributed by atoms with Crippen LogP contribution >= 0.6 is 34.8 Å². The largest absolute Gasteiger partial charge is 0.467 e. The topological polar surface area (TPSA) is 148 Å². The molecule has 0 aromatic carbocycles. The zero-order valence-corrected chi connectivity index (χ0v) is 17.9. The van der Waals surface area contributed by atoms with Gasteiger partial charge in [-0.2, -0.15) is 0 Å². The van der Waals surface area contributed by atoms with Gasteiger partial charge in [-0.25, -0.2) is 4.79 Å². The lowest BCUT2D eigenvalue weighted by molar-refractivity contribution is -0.285. The molecule has 1 heterocycles. The van der Waals surface area contributed by atoms with E-state index in [2.05, 4.69) is 4.74 Å². The lowest BCUT2D eigenvalue weighted by atomic mass is 9.97. The van der Waals surface area contributed by atoms with Gasteiger partial charge in [-0.3, -0.25) is 19.8 Å². The van der Waals surface area contributed by atoms with Crippen LogP contribution in [0.1, 0.15) is 20.8 Å². The zero-order chi connectivity index (χ0) is 22.5. The van der Waals surface area contributed by atoms with Crippen molar-refractivity contribution in [2.45, 2.75) is 55.3 Å². The summed E-state index contributed by atoms with van der Waals surface area (Å²) in [5.41, 5.74) is 0. The molecule has 1 rings (SSSR count). The highest BCUT2D eigenvalue weighted by molar-refractivity contribution is 6.76. The van der Waals surface area contributed by atoms with Crippen molar-refractivity contribution in [1.29, 1.82) is 5.41 Å². The first-order valence-electron chi connectivity index (χ1n) is 7.85. The third-order valence-corrected chi connectivity index (χ3v) is 3.84. The zero-order valence-electron chi connectivity index (χ0n) is 15.6. The summed E-state index contributed by atoms with van der Waals surface area (Å²) in [5, 5.41) is 7.69. The van der Waals surface area contributed by atoms with Crippen LogP contribution in [0, 0.1) is 5.41 Å². The molecule has 1 fully saturated rings. The van der Waals surface area contributed by atoms with Crippen molar-refractivity contribution in [2.75, 3.05) is 7.11 Å². The molecule has 0 aliphatic carbocycles. The number of alkyl halides is 3. The van der Waals surface area contributed by atoms with Crippen LogP contribution in [0.4, 0.5) is 0 Å². The maximum Gasteiger partial charge on any atom is 0.339 e. The van der Waals surface area contributed by atoms with Crippen molar-refractivity contribution in [2.24, 2.45) is 0 Å². The maximum absolute atomic E-state index is 12.2. The number of carbonyl (C=O) groups excluding carboxylic acids is 4. The van der Waals surface area contributed by atoms with Crippen LogP contribution < -0.4 is 0 Å². The van der Waals surface area contributed by atoms with Gasteiger partial charge in [-0.1, -0.05) is 34.8 Å². The molecular formula is C15H18Cl3NO10. The summed E-state index contributed by atoms with van der Waals surface area (Å²) in [4.78, 5) is 46.9. The van der Waals surface area contributed by atoms with Crippen molar-refractivity contribution in [1.82, 2.24) is 0 Å². The molecule has 0 spiro atoms. The van der Waals surface area contributed by atoms with Gasteiger partial charge in [0, 0.05) is 20.8 Å². The number of hydrogen-bond acceptors (Lipinski definition) is 11. The average molecular weight is 479 g/mol. The summed E-state index contributed by atoms with van der Waals surface area (Å²) in [6.07, 6.45) is -8.20. The summed E-state index contributed by atoms with van der Waals surface area (Å²) in [5.74, 6) is -4.59. The predicted octanol–water partition coefficient (Wildman–Crippen LogP) is 1.04. The van der Waals surface area contributed by atoms with E-state index >= 15 is 0 Å². The van der Waals surface area contributed by atoms with Gasteiger partial charge in [0.15, 0.2) is 18.3 Å². The fourth-order valence-corrected chi connectivity index (χ4v) is 2.49. The third-order valence-electron chi connectivity index (χ3n) is 3.33. The maximum atomic E-state index is 12.2. The molecule has 11 nitrogen and oxygen atoms in total. The highest BCUT2D eigenvalue weighted by Crippen LogP contribution is 2.33. The molecule has 29 heavy (non-hydrogen) atoms. The fourth-order valence-electron chi connectivity index (χ4n) is 2.36. The Bertz CT molecular complexity index is 680. The number of rotatable bonds is 5. The average Bonchev–Trinajstić information content (AvgIpc) is 2.56. The van der Waals surface area contributed by atoms with Gasteiger partial charge in [0.2, 0.25) is 18.3 Å². The molecule has 5 atom stereocenters. The molecule has 164 valence electrons. The Balaban J connectivity index is 3.44. The van der Waals surface area contributed by atoms with Gasteiger partial charge in [0.1, 0.15) is 0 Å². The summed E-state index contributed by atoms with van der Waals surface area (Å²) in [6, 6.07) is 0. The first kappa shape index (κ1) is 25.2. The van der Waals surface area contributed by atoms with Crippen LogP contribution in [0.15, 0.2) is 0 Å². The van der Waals surface area contributed by atoms with E-state index in [4.69, 9.17) is 63.9 Å². The van der Waals surface area contributed by atoms with Crippen LogP contribution in [0.3, 0.4) is 0 Å². The number of ether oxygens (including phenoxy) is 6. The summed E-state index contributed by atoms with van der Waals surface area (Å²) >= 11 is 16.7. The smallest absolute Gasteiger partial charge is 0.339 e. The number of methoxy groups -OCH3 is 1. The molecule has 0 amide bonds. The molecule has 0 aromatic heterocycles. The Labute approximate surface area is 180 Å². The molecule has 0 bridgehead atoms. The Hall–Kier alpha value is -1.82. The number of hydrogen-bond donors (Lipinski definition) is 1. The van der Waals surface area contributed by atoms with E-state index in [0.29, 0.717) is 0 Å². The monoisotopic (exact) mass is 477 g/mol. The Morgan fingerprint density at radius 3 is 1.69 bits per heavy atom. The molecule has 0 unspecified atom stereocenters. The van der Waals surface area contributed by atoms with Crippen molar-refractivity contribution in [3.05, 3.63) is 0 Å². The molecule has 14 heteroatoms. The van der Waals surface area contributed by atoms with Crippen LogP contribution in [-0.4, -0.2) is 71.4 Å². The second kappa shape index (κ2) is 10.3. The highest BCUT2D eigenvalue weighted by atomic mass is 35.6. The van der Waals surface area contributed by atoms with Gasteiger partial charge in [-0.15, -0.1) is 0 Å². The SMILES string of the molecule is COC(=O)[C@@H]1O[C@@H](OC(=N)C(Cl)(Cl)Cl)[C@@H](OC(C)=O)[C@H](OC(C)=O)[C@H]1OC(C)=O. The van der Waals surface area contributed by atoms with Crippen LogP contribution in [0.25, 0.3) is 0 Å². The predicted molar refractivity (Wildman–Crippen MR) is 96.4 cm³/mol. The first-order chi connectivity index (χ1) is 13.3. The van der Waals surface area contributed by atoms with Gasteiger partial charge in [0.05, 0.1) is 7.11 Å². The fraction of sp³-hybridized carbons (Fsp3) is 0.667. The van der Waals surface area contributed by atoms with Gasteiger partial charge in [0.25, 0.3) is 3.79 Å². The van der Waals surface area contributed by atoms with E-state index in [0.717, 1.165) is 27.9 Å². The standard InChI is InChI=1S/C15H18Cl3NO10/c1-5(20)25-8-9(26-6(2)21)11(27-7(3)22)13(28-10(8)12(23)24-4)29-14(19)15(16,17)18/h8-11,13,19H,1-4H3/t8-,9-,10-,11+,13+/m1/s1. The van der Waals surface area contributed by atoms with Gasteiger partial charge in [-0.05, 0) is 0 Å². The number of halogens is 3. The van der Waals surface area contributed by atoms with Gasteiger partial charge >= 0.3 is 23.9 Å². The van der Waals surface area contributed by atoms with Crippen LogP contribution in [0.2, 0.25) is 0 Å². The number of esters is 4. The molecule has 1 aliphatic rings. The molecular weight excluding hydrogens is 461 g/mol. The second-order valence-corrected chi connectivity index (χ2v) is 7.90. The second-order valence-electron chi connectivity index (χ2n) is 5.62. The molecule has 0 saturated carbocycles. The molecule has 0 aromatic rings. The summed E-state index contributed by atoms with van der Waals surface area (Å²) in [7, 11) is 1.02. The first-order valence-corrected chi connectivity index (χ1v) is 8.98. The van der Waals surface area contributed by atoms with E-state index in [9.17, 15) is 19.2 Å². The van der Waals surface area contributed by atoms with Crippen molar-refractivity contribution >= 4 is 64.6 Å². The van der Waals surface area contributed by atoms with E-state index in [1.807, 2.05) is 0 Å². The molecule has 1 aliphatic heterocycles. The number of carbonyl (C=O) groups is 4. The van der Waals surface area contributed by atoms with Gasteiger partial charge < -0.3 is 28.4 Å². The minimum absolute atomic E-state index is 0.861. The normalized spacial score (nSPS) is 26.7. The highest BCUT2D eigenvalue weighted by Gasteiger charge is 2.56. The Morgan fingerprint density at radius 1 is 0.828 bits per heavy atom. The van der Waals surface area contributed by atoms with Crippen molar-refractivity contribution < 1.29 is 47.6 Å².